The second-order valence-corrected chi connectivity index (χ2v) is 8.29. The van der Waals surface area contributed by atoms with E-state index in [0.717, 1.165) is 30.4 Å². The zero-order valence-corrected chi connectivity index (χ0v) is 18.8. The summed E-state index contributed by atoms with van der Waals surface area (Å²) in [5.74, 6) is 0.778. The quantitative estimate of drug-likeness (QED) is 0.796. The van der Waals surface area contributed by atoms with Gasteiger partial charge in [0.05, 0.1) is 24.3 Å². The van der Waals surface area contributed by atoms with Crippen molar-refractivity contribution in [3.63, 3.8) is 0 Å². The minimum atomic E-state index is -0.714. The molecule has 1 spiro atoms. The molecular weight excluding hydrogens is 384 g/mol. The summed E-state index contributed by atoms with van der Waals surface area (Å²) in [5, 5.41) is 3.15. The average molecular weight is 417 g/mol. The van der Waals surface area contributed by atoms with Gasteiger partial charge in [0.2, 0.25) is 0 Å². The van der Waals surface area contributed by atoms with Crippen LogP contribution in [0.2, 0.25) is 0 Å². The van der Waals surface area contributed by atoms with Gasteiger partial charge in [-0.05, 0) is 56.2 Å². The molecule has 1 aliphatic heterocycles. The zero-order chi connectivity index (χ0) is 22.1. The Morgan fingerprint density at radius 2 is 1.90 bits per heavy atom. The maximum absolute atomic E-state index is 13.3. The lowest BCUT2D eigenvalue weighted by atomic mass is 9.79. The summed E-state index contributed by atoms with van der Waals surface area (Å²) in [4.78, 5) is 27.3. The number of carbonyl (C=O) groups is 2. The van der Waals surface area contributed by atoms with Crippen LogP contribution in [-0.4, -0.2) is 56.9 Å². The predicted octanol–water partition coefficient (Wildman–Crippen LogP) is 3.43. The lowest BCUT2D eigenvalue weighted by Gasteiger charge is -2.38. The van der Waals surface area contributed by atoms with Crippen molar-refractivity contribution in [2.24, 2.45) is 0 Å². The van der Waals surface area contributed by atoms with Crippen molar-refractivity contribution in [2.45, 2.75) is 57.6 Å². The van der Waals surface area contributed by atoms with Gasteiger partial charge in [-0.2, -0.15) is 0 Å². The number of hydrogen-bond donors (Lipinski definition) is 1. The first-order chi connectivity index (χ1) is 14.3. The van der Waals surface area contributed by atoms with Gasteiger partial charge in [0.1, 0.15) is 11.5 Å². The maximum Gasteiger partial charge on any atom is 0.414 e. The van der Waals surface area contributed by atoms with Gasteiger partial charge in [0.25, 0.3) is 5.91 Å². The molecule has 1 heterocycles. The first kappa shape index (κ1) is 22.2. The number of carbonyl (C=O) groups excluding carboxylic acids is 2. The topological polar surface area (TPSA) is 77.1 Å². The number of nitrogens with one attached hydrogen (secondary N) is 1. The fourth-order valence-electron chi connectivity index (χ4n) is 4.45. The molecule has 3 rings (SSSR count). The molecule has 1 aromatic rings. The molecule has 1 N–H and O–H groups in total. The highest BCUT2D eigenvalue weighted by molar-refractivity contribution is 6.24. The third kappa shape index (κ3) is 3.90. The zero-order valence-electron chi connectivity index (χ0n) is 18.8. The standard InChI is InChI=1S/C23H32N2O5/c1-7-15-12-14(2)13-17(29-6)18(15)19-20(30-22(27)25(3)4)23(24-21(19)26)10-8-16(28-5)9-11-23/h12-13,16H,7-11H2,1-6H3,(H,24,26). The highest BCUT2D eigenvalue weighted by Crippen LogP contribution is 2.46. The van der Waals surface area contributed by atoms with Crippen molar-refractivity contribution in [2.75, 3.05) is 28.3 Å². The lowest BCUT2D eigenvalue weighted by Crippen LogP contribution is -2.49. The predicted molar refractivity (Wildman–Crippen MR) is 114 cm³/mol. The van der Waals surface area contributed by atoms with Crippen molar-refractivity contribution < 1.29 is 23.8 Å². The first-order valence-electron chi connectivity index (χ1n) is 10.4. The Hall–Kier alpha value is -2.54. The smallest absolute Gasteiger partial charge is 0.414 e. The van der Waals surface area contributed by atoms with E-state index < -0.39 is 11.6 Å². The van der Waals surface area contributed by atoms with Gasteiger partial charge in [0, 0.05) is 26.8 Å². The van der Waals surface area contributed by atoms with Crippen LogP contribution in [0.4, 0.5) is 4.79 Å². The Bertz CT molecular complexity index is 841. The Morgan fingerprint density at radius 3 is 2.43 bits per heavy atom. The number of rotatable bonds is 5. The van der Waals surface area contributed by atoms with Crippen molar-refractivity contribution in [3.8, 4) is 5.75 Å². The molecule has 2 aliphatic rings. The number of ether oxygens (including phenoxy) is 3. The molecule has 164 valence electrons. The van der Waals surface area contributed by atoms with Crippen LogP contribution in [-0.2, 0) is 20.7 Å². The van der Waals surface area contributed by atoms with Gasteiger partial charge < -0.3 is 24.4 Å². The van der Waals surface area contributed by atoms with E-state index in [1.807, 2.05) is 19.9 Å². The molecule has 1 fully saturated rings. The molecule has 1 saturated carbocycles. The minimum Gasteiger partial charge on any atom is -0.496 e. The highest BCUT2D eigenvalue weighted by atomic mass is 16.6. The summed E-state index contributed by atoms with van der Waals surface area (Å²) in [6, 6.07) is 3.96. The van der Waals surface area contributed by atoms with Crippen LogP contribution < -0.4 is 10.1 Å². The Labute approximate surface area is 178 Å². The van der Waals surface area contributed by atoms with Gasteiger partial charge in [-0.25, -0.2) is 4.79 Å². The Morgan fingerprint density at radius 1 is 1.23 bits per heavy atom. The van der Waals surface area contributed by atoms with E-state index in [1.54, 1.807) is 28.3 Å². The third-order valence-electron chi connectivity index (χ3n) is 6.09. The number of nitrogens with zero attached hydrogens (tertiary/aromatic N) is 1. The van der Waals surface area contributed by atoms with Crippen molar-refractivity contribution in [3.05, 3.63) is 34.6 Å². The summed E-state index contributed by atoms with van der Waals surface area (Å²) in [5.41, 5.74) is 2.42. The molecule has 7 heteroatoms. The number of methoxy groups -OCH3 is 2. The van der Waals surface area contributed by atoms with Crippen LogP contribution in [0.25, 0.3) is 5.57 Å². The van der Waals surface area contributed by atoms with E-state index in [2.05, 4.69) is 11.4 Å². The van der Waals surface area contributed by atoms with Gasteiger partial charge in [-0.15, -0.1) is 0 Å². The molecule has 30 heavy (non-hydrogen) atoms. The number of aryl methyl sites for hydroxylation is 2. The molecule has 0 radical (unpaired) electrons. The van der Waals surface area contributed by atoms with Crippen LogP contribution in [0.5, 0.6) is 5.75 Å². The Balaban J connectivity index is 2.21. The fourth-order valence-corrected chi connectivity index (χ4v) is 4.45. The molecule has 0 bridgehead atoms. The summed E-state index contributed by atoms with van der Waals surface area (Å²) in [6.45, 7) is 4.03. The summed E-state index contributed by atoms with van der Waals surface area (Å²) in [7, 11) is 6.56. The Kier molecular flexibility index (Phi) is 6.41. The molecule has 0 aromatic heterocycles. The van der Waals surface area contributed by atoms with Crippen LogP contribution >= 0.6 is 0 Å². The molecular formula is C23H32N2O5. The monoisotopic (exact) mass is 416 g/mol. The molecule has 0 saturated heterocycles. The van der Waals surface area contributed by atoms with Crippen LogP contribution in [0, 0.1) is 6.92 Å². The van der Waals surface area contributed by atoms with Gasteiger partial charge in [0.15, 0.2) is 0 Å². The molecule has 7 nitrogen and oxygen atoms in total. The number of hydrogen-bond acceptors (Lipinski definition) is 5. The van der Waals surface area contributed by atoms with Gasteiger partial charge >= 0.3 is 6.09 Å². The van der Waals surface area contributed by atoms with Crippen molar-refractivity contribution in [1.29, 1.82) is 0 Å². The molecule has 1 aliphatic carbocycles. The number of benzene rings is 1. The number of amides is 2. The fraction of sp³-hybridized carbons (Fsp3) is 0.565. The minimum absolute atomic E-state index is 0.141. The summed E-state index contributed by atoms with van der Waals surface area (Å²) < 4.78 is 17.1. The van der Waals surface area contributed by atoms with E-state index in [-0.39, 0.29) is 12.0 Å². The third-order valence-corrected chi connectivity index (χ3v) is 6.09. The SMILES string of the molecule is CCc1cc(C)cc(OC)c1C1=C(OC(=O)N(C)C)C2(CCC(OC)CC2)NC1=O. The second kappa shape index (κ2) is 8.68. The normalized spacial score (nSPS) is 23.5. The maximum atomic E-state index is 13.3. The second-order valence-electron chi connectivity index (χ2n) is 8.29. The molecule has 0 unspecified atom stereocenters. The average Bonchev–Trinajstić information content (AvgIpc) is 2.98. The largest absolute Gasteiger partial charge is 0.496 e. The molecule has 0 atom stereocenters. The van der Waals surface area contributed by atoms with E-state index >= 15 is 0 Å². The first-order valence-corrected chi connectivity index (χ1v) is 10.4. The van der Waals surface area contributed by atoms with Crippen LogP contribution in [0.15, 0.2) is 17.9 Å². The van der Waals surface area contributed by atoms with E-state index in [9.17, 15) is 9.59 Å². The van der Waals surface area contributed by atoms with Crippen LogP contribution in [0.1, 0.15) is 49.3 Å². The van der Waals surface area contributed by atoms with E-state index in [4.69, 9.17) is 14.2 Å². The summed E-state index contributed by atoms with van der Waals surface area (Å²) >= 11 is 0. The molecule has 2 amide bonds. The summed E-state index contributed by atoms with van der Waals surface area (Å²) in [6.07, 6.45) is 3.20. The molecule has 1 aromatic carbocycles. The van der Waals surface area contributed by atoms with Crippen molar-refractivity contribution in [1.82, 2.24) is 10.2 Å². The highest BCUT2D eigenvalue weighted by Gasteiger charge is 2.50. The lowest BCUT2D eigenvalue weighted by molar-refractivity contribution is -0.116. The van der Waals surface area contributed by atoms with E-state index in [1.165, 1.54) is 4.90 Å². The van der Waals surface area contributed by atoms with Crippen LogP contribution in [0.3, 0.4) is 0 Å². The van der Waals surface area contributed by atoms with E-state index in [0.29, 0.717) is 35.5 Å². The van der Waals surface area contributed by atoms with Gasteiger partial charge in [-0.1, -0.05) is 13.0 Å². The van der Waals surface area contributed by atoms with Gasteiger partial charge in [-0.3, -0.25) is 4.79 Å². The van der Waals surface area contributed by atoms with Crippen molar-refractivity contribution >= 4 is 17.6 Å².